The molecule has 0 aromatic heterocycles. The number of hydrogen-bond acceptors (Lipinski definition) is 3. The van der Waals surface area contributed by atoms with Crippen LogP contribution >= 0.6 is 0 Å². The van der Waals surface area contributed by atoms with Gasteiger partial charge in [-0.3, -0.25) is 4.90 Å². The molecule has 0 radical (unpaired) electrons. The van der Waals surface area contributed by atoms with E-state index in [9.17, 15) is 0 Å². The largest absolute Gasteiger partial charge is 0.310 e. The molecular formula is C15H27N3. The average Bonchev–Trinajstić information content (AvgIpc) is 2.39. The Balaban J connectivity index is 1.97. The molecule has 1 N–H and O–H groups in total. The van der Waals surface area contributed by atoms with Gasteiger partial charge in [-0.2, -0.15) is 5.26 Å². The minimum Gasteiger partial charge on any atom is -0.310 e. The maximum absolute atomic E-state index is 9.13. The van der Waals surface area contributed by atoms with Crippen LogP contribution in [0, 0.1) is 17.2 Å². The minimum atomic E-state index is 0.264. The second-order valence-electron chi connectivity index (χ2n) is 6.24. The van der Waals surface area contributed by atoms with Crippen molar-refractivity contribution in [3.8, 4) is 6.07 Å². The topological polar surface area (TPSA) is 39.1 Å². The van der Waals surface area contributed by atoms with Crippen LogP contribution in [0.4, 0.5) is 0 Å². The highest BCUT2D eigenvalue weighted by molar-refractivity contribution is 4.95. The van der Waals surface area contributed by atoms with Crippen molar-refractivity contribution in [3.63, 3.8) is 0 Å². The van der Waals surface area contributed by atoms with Gasteiger partial charge in [0.1, 0.15) is 0 Å². The van der Waals surface area contributed by atoms with Crippen molar-refractivity contribution >= 4 is 0 Å². The lowest BCUT2D eigenvalue weighted by Crippen LogP contribution is -2.55. The fourth-order valence-electron chi connectivity index (χ4n) is 3.58. The molecule has 1 saturated carbocycles. The van der Waals surface area contributed by atoms with E-state index in [2.05, 4.69) is 30.1 Å². The van der Waals surface area contributed by atoms with Gasteiger partial charge in [0.2, 0.25) is 0 Å². The summed E-state index contributed by atoms with van der Waals surface area (Å²) in [6.07, 6.45) is 7.62. The molecule has 102 valence electrons. The molecule has 1 aliphatic heterocycles. The third-order valence-electron chi connectivity index (χ3n) is 4.38. The van der Waals surface area contributed by atoms with Crippen LogP contribution < -0.4 is 5.32 Å². The van der Waals surface area contributed by atoms with E-state index < -0.39 is 0 Å². The van der Waals surface area contributed by atoms with Crippen molar-refractivity contribution in [1.29, 1.82) is 5.26 Å². The Labute approximate surface area is 112 Å². The third kappa shape index (κ3) is 3.46. The van der Waals surface area contributed by atoms with Gasteiger partial charge < -0.3 is 5.32 Å². The summed E-state index contributed by atoms with van der Waals surface area (Å²) in [4.78, 5) is 2.59. The van der Waals surface area contributed by atoms with E-state index >= 15 is 0 Å². The highest BCUT2D eigenvalue weighted by atomic mass is 15.2. The van der Waals surface area contributed by atoms with Crippen molar-refractivity contribution in [2.45, 2.75) is 70.5 Å². The first-order valence-corrected chi connectivity index (χ1v) is 7.60. The molecule has 0 amide bonds. The number of nitrogens with one attached hydrogen (secondary N) is 1. The quantitative estimate of drug-likeness (QED) is 0.835. The van der Waals surface area contributed by atoms with Crippen LogP contribution in [0.2, 0.25) is 0 Å². The molecule has 0 aromatic carbocycles. The molecule has 0 spiro atoms. The molecule has 0 bridgehead atoms. The van der Waals surface area contributed by atoms with E-state index in [-0.39, 0.29) is 5.92 Å². The average molecular weight is 249 g/mol. The van der Waals surface area contributed by atoms with Gasteiger partial charge in [0.25, 0.3) is 0 Å². The first-order chi connectivity index (χ1) is 8.70. The lowest BCUT2D eigenvalue weighted by atomic mass is 9.86. The van der Waals surface area contributed by atoms with Crippen molar-refractivity contribution in [1.82, 2.24) is 10.2 Å². The maximum atomic E-state index is 9.13. The van der Waals surface area contributed by atoms with Crippen LogP contribution in [0.3, 0.4) is 0 Å². The normalized spacial score (nSPS) is 34.4. The Morgan fingerprint density at radius 2 is 1.94 bits per heavy atom. The van der Waals surface area contributed by atoms with Gasteiger partial charge in [0.05, 0.1) is 12.0 Å². The van der Waals surface area contributed by atoms with Gasteiger partial charge in [0.15, 0.2) is 0 Å². The van der Waals surface area contributed by atoms with Gasteiger partial charge in [-0.15, -0.1) is 0 Å². The maximum Gasteiger partial charge on any atom is 0.0669 e. The zero-order chi connectivity index (χ0) is 13.0. The number of rotatable bonds is 3. The van der Waals surface area contributed by atoms with Crippen LogP contribution in [0.15, 0.2) is 0 Å². The van der Waals surface area contributed by atoms with Crippen LogP contribution in [0.1, 0.15) is 52.4 Å². The van der Waals surface area contributed by atoms with E-state index in [4.69, 9.17) is 5.26 Å². The standard InChI is InChI=1S/C15H27N3/c1-12(2)17-14-7-3-4-8-15(14)18-9-5-6-13(10-16)11-18/h12-15,17H,3-9,11H2,1-2H3/t13-,14+,15+/m1/s1. The second-order valence-corrected chi connectivity index (χ2v) is 6.24. The van der Waals surface area contributed by atoms with Gasteiger partial charge in [0, 0.05) is 24.7 Å². The zero-order valence-corrected chi connectivity index (χ0v) is 11.9. The number of hydrogen-bond donors (Lipinski definition) is 1. The van der Waals surface area contributed by atoms with E-state index in [1.54, 1.807) is 0 Å². The van der Waals surface area contributed by atoms with E-state index in [0.717, 1.165) is 13.0 Å². The molecule has 3 atom stereocenters. The predicted molar refractivity (Wildman–Crippen MR) is 74.2 cm³/mol. The molecule has 3 nitrogen and oxygen atoms in total. The first kappa shape index (κ1) is 13.8. The lowest BCUT2D eigenvalue weighted by Gasteiger charge is -2.43. The molecule has 1 aliphatic carbocycles. The number of piperidine rings is 1. The summed E-state index contributed by atoms with van der Waals surface area (Å²) in [5, 5.41) is 12.9. The van der Waals surface area contributed by atoms with Crippen LogP contribution in [0.25, 0.3) is 0 Å². The first-order valence-electron chi connectivity index (χ1n) is 7.60. The van der Waals surface area contributed by atoms with Gasteiger partial charge in [-0.1, -0.05) is 26.7 Å². The summed E-state index contributed by atoms with van der Waals surface area (Å²) < 4.78 is 0. The smallest absolute Gasteiger partial charge is 0.0669 e. The van der Waals surface area contributed by atoms with Gasteiger partial charge in [-0.05, 0) is 32.2 Å². The van der Waals surface area contributed by atoms with Crippen LogP contribution in [-0.2, 0) is 0 Å². The van der Waals surface area contributed by atoms with Crippen molar-refractivity contribution in [3.05, 3.63) is 0 Å². The molecule has 0 unspecified atom stereocenters. The molecule has 2 rings (SSSR count). The van der Waals surface area contributed by atoms with Crippen LogP contribution in [-0.4, -0.2) is 36.1 Å². The summed E-state index contributed by atoms with van der Waals surface area (Å²) in [6, 6.07) is 4.33. The summed E-state index contributed by atoms with van der Waals surface area (Å²) in [5.74, 6) is 0.264. The summed E-state index contributed by atoms with van der Waals surface area (Å²) in [5.41, 5.74) is 0. The Kier molecular flexibility index (Phi) is 5.03. The summed E-state index contributed by atoms with van der Waals surface area (Å²) >= 11 is 0. The second kappa shape index (κ2) is 6.54. The molecule has 18 heavy (non-hydrogen) atoms. The molecule has 2 aliphatic rings. The Morgan fingerprint density at radius 3 is 2.67 bits per heavy atom. The highest BCUT2D eigenvalue weighted by Gasteiger charge is 2.33. The van der Waals surface area contributed by atoms with Gasteiger partial charge in [-0.25, -0.2) is 0 Å². The summed E-state index contributed by atoms with van der Waals surface area (Å²) in [6.45, 7) is 6.66. The fraction of sp³-hybridized carbons (Fsp3) is 0.933. The monoisotopic (exact) mass is 249 g/mol. The zero-order valence-electron chi connectivity index (χ0n) is 11.9. The fourth-order valence-corrected chi connectivity index (χ4v) is 3.58. The molecule has 3 heteroatoms. The van der Waals surface area contributed by atoms with Crippen molar-refractivity contribution in [2.24, 2.45) is 5.92 Å². The number of nitrogens with zero attached hydrogens (tertiary/aromatic N) is 2. The van der Waals surface area contributed by atoms with E-state index in [0.29, 0.717) is 18.1 Å². The summed E-state index contributed by atoms with van der Waals surface area (Å²) in [7, 11) is 0. The number of likely N-dealkylation sites (tertiary alicyclic amines) is 1. The molecule has 1 heterocycles. The minimum absolute atomic E-state index is 0.264. The van der Waals surface area contributed by atoms with E-state index in [1.807, 2.05) is 0 Å². The predicted octanol–water partition coefficient (Wildman–Crippen LogP) is 2.53. The van der Waals surface area contributed by atoms with Gasteiger partial charge >= 0.3 is 0 Å². The Hall–Kier alpha value is -0.590. The highest BCUT2D eigenvalue weighted by Crippen LogP contribution is 2.27. The number of nitriles is 1. The van der Waals surface area contributed by atoms with Crippen molar-refractivity contribution in [2.75, 3.05) is 13.1 Å². The van der Waals surface area contributed by atoms with Crippen LogP contribution in [0.5, 0.6) is 0 Å². The molecule has 0 aromatic rings. The molecule has 2 fully saturated rings. The SMILES string of the molecule is CC(C)N[C@H]1CCCC[C@@H]1N1CCC[C@H](C#N)C1. The van der Waals surface area contributed by atoms with Crippen molar-refractivity contribution < 1.29 is 0 Å². The molecule has 1 saturated heterocycles. The van der Waals surface area contributed by atoms with E-state index in [1.165, 1.54) is 38.6 Å². The lowest BCUT2D eigenvalue weighted by molar-refractivity contribution is 0.0846. The Bertz CT molecular complexity index is 295. The molecular weight excluding hydrogens is 222 g/mol. The Morgan fingerprint density at radius 1 is 1.17 bits per heavy atom. The third-order valence-corrected chi connectivity index (χ3v) is 4.38.